The number of ether oxygens (including phenoxy) is 1. The van der Waals surface area contributed by atoms with Crippen LogP contribution in [0.4, 0.5) is 5.69 Å². The number of carbonyl (C=O) groups excluding carboxylic acids is 1. The van der Waals surface area contributed by atoms with E-state index in [9.17, 15) is 24.8 Å². The quantitative estimate of drug-likeness (QED) is 0.464. The van der Waals surface area contributed by atoms with E-state index in [0.29, 0.717) is 39.0 Å². The summed E-state index contributed by atoms with van der Waals surface area (Å²) in [7, 11) is 0. The molecule has 2 atom stereocenters. The van der Waals surface area contributed by atoms with Crippen LogP contribution in [0.1, 0.15) is 29.6 Å². The van der Waals surface area contributed by atoms with Crippen molar-refractivity contribution in [3.8, 4) is 0 Å². The lowest BCUT2D eigenvalue weighted by molar-refractivity contribution is -0.385. The SMILES string of the molecule is CSc1ccc([N+](=O)[O-])c(C(=O)N2CCC([C@@H]3OCCC3C(=O)O)CC2)c1. The summed E-state index contributed by atoms with van der Waals surface area (Å²) in [6, 6.07) is 4.57. The number of piperidine rings is 1. The van der Waals surface area contributed by atoms with E-state index in [0.717, 1.165) is 4.90 Å². The second-order valence-electron chi connectivity index (χ2n) is 6.84. The third-order valence-electron chi connectivity index (χ3n) is 5.38. The molecule has 27 heavy (non-hydrogen) atoms. The van der Waals surface area contributed by atoms with Gasteiger partial charge >= 0.3 is 5.97 Å². The van der Waals surface area contributed by atoms with Crippen LogP contribution in [-0.2, 0) is 9.53 Å². The molecule has 2 aliphatic rings. The number of hydrogen-bond acceptors (Lipinski definition) is 6. The number of carboxylic acid groups (broad SMARTS) is 1. The molecule has 1 aromatic rings. The lowest BCUT2D eigenvalue weighted by atomic mass is 9.84. The molecule has 0 aromatic heterocycles. The summed E-state index contributed by atoms with van der Waals surface area (Å²) in [5.41, 5.74) is -0.0872. The average molecular weight is 394 g/mol. The molecule has 3 rings (SSSR count). The predicted octanol–water partition coefficient (Wildman–Crippen LogP) is 2.66. The highest BCUT2D eigenvalue weighted by atomic mass is 32.2. The minimum absolute atomic E-state index is 0.0881. The van der Waals surface area contributed by atoms with Crippen molar-refractivity contribution in [1.82, 2.24) is 4.90 Å². The van der Waals surface area contributed by atoms with E-state index in [4.69, 9.17) is 4.74 Å². The zero-order valence-corrected chi connectivity index (χ0v) is 15.8. The number of thioether (sulfide) groups is 1. The number of nitrogens with zero attached hydrogens (tertiary/aromatic N) is 2. The highest BCUT2D eigenvalue weighted by Gasteiger charge is 2.41. The van der Waals surface area contributed by atoms with Gasteiger partial charge in [0.15, 0.2) is 0 Å². The first-order chi connectivity index (χ1) is 12.9. The van der Waals surface area contributed by atoms with Crippen LogP contribution in [0.5, 0.6) is 0 Å². The number of carboxylic acids is 1. The molecule has 1 amide bonds. The molecule has 1 unspecified atom stereocenters. The van der Waals surface area contributed by atoms with Crippen molar-refractivity contribution in [2.75, 3.05) is 26.0 Å². The topological polar surface area (TPSA) is 110 Å². The van der Waals surface area contributed by atoms with Gasteiger partial charge in [-0.05, 0) is 43.6 Å². The standard InChI is InChI=1S/C18H22N2O6S/c1-27-12-2-3-15(20(24)25)14(10-12)17(21)19-7-4-11(5-8-19)16-13(18(22)23)6-9-26-16/h2-3,10-11,13,16H,4-9H2,1H3,(H,22,23)/t13?,16-/m0/s1. The molecular formula is C18H22N2O6S. The summed E-state index contributed by atoms with van der Waals surface area (Å²) < 4.78 is 5.65. The Hall–Kier alpha value is -2.13. The van der Waals surface area contributed by atoms with Crippen LogP contribution in [0, 0.1) is 22.0 Å². The maximum atomic E-state index is 12.9. The van der Waals surface area contributed by atoms with Crippen molar-refractivity contribution in [3.05, 3.63) is 33.9 Å². The Morgan fingerprint density at radius 2 is 2.00 bits per heavy atom. The fourth-order valence-electron chi connectivity index (χ4n) is 3.91. The number of likely N-dealkylation sites (tertiary alicyclic amines) is 1. The van der Waals surface area contributed by atoms with Crippen LogP contribution in [0.3, 0.4) is 0 Å². The fraction of sp³-hybridized carbons (Fsp3) is 0.556. The van der Waals surface area contributed by atoms with E-state index in [1.807, 2.05) is 6.26 Å². The van der Waals surface area contributed by atoms with Gasteiger partial charge in [-0.15, -0.1) is 11.8 Å². The van der Waals surface area contributed by atoms with E-state index in [2.05, 4.69) is 0 Å². The molecular weight excluding hydrogens is 372 g/mol. The third kappa shape index (κ3) is 4.08. The number of rotatable bonds is 5. The van der Waals surface area contributed by atoms with Crippen LogP contribution < -0.4 is 0 Å². The van der Waals surface area contributed by atoms with Gasteiger partial charge in [-0.2, -0.15) is 0 Å². The van der Waals surface area contributed by atoms with Crippen molar-refractivity contribution in [3.63, 3.8) is 0 Å². The highest BCUT2D eigenvalue weighted by molar-refractivity contribution is 7.98. The van der Waals surface area contributed by atoms with Gasteiger partial charge in [0.25, 0.3) is 11.6 Å². The zero-order chi connectivity index (χ0) is 19.6. The molecule has 2 saturated heterocycles. The first-order valence-electron chi connectivity index (χ1n) is 8.88. The molecule has 1 N–H and O–H groups in total. The largest absolute Gasteiger partial charge is 0.481 e. The average Bonchev–Trinajstić information content (AvgIpc) is 3.17. The molecule has 8 nitrogen and oxygen atoms in total. The van der Waals surface area contributed by atoms with Crippen molar-refractivity contribution < 1.29 is 24.4 Å². The molecule has 2 heterocycles. The van der Waals surface area contributed by atoms with E-state index in [-0.39, 0.29) is 29.2 Å². The Bertz CT molecular complexity index is 747. The van der Waals surface area contributed by atoms with Gasteiger partial charge in [0.2, 0.25) is 0 Å². The van der Waals surface area contributed by atoms with Crippen LogP contribution in [0.25, 0.3) is 0 Å². The fourth-order valence-corrected chi connectivity index (χ4v) is 4.35. The highest BCUT2D eigenvalue weighted by Crippen LogP contribution is 2.34. The molecule has 0 bridgehead atoms. The van der Waals surface area contributed by atoms with Crippen LogP contribution in [-0.4, -0.2) is 58.9 Å². The van der Waals surface area contributed by atoms with Gasteiger partial charge in [-0.1, -0.05) is 0 Å². The molecule has 146 valence electrons. The molecule has 0 spiro atoms. The van der Waals surface area contributed by atoms with E-state index in [1.54, 1.807) is 17.0 Å². The maximum absolute atomic E-state index is 12.9. The number of aliphatic carboxylic acids is 1. The maximum Gasteiger partial charge on any atom is 0.309 e. The molecule has 0 radical (unpaired) electrons. The summed E-state index contributed by atoms with van der Waals surface area (Å²) in [6.07, 6.45) is 3.33. The lowest BCUT2D eigenvalue weighted by Gasteiger charge is -2.35. The van der Waals surface area contributed by atoms with Crippen LogP contribution in [0.2, 0.25) is 0 Å². The van der Waals surface area contributed by atoms with Gasteiger partial charge in [-0.3, -0.25) is 19.7 Å². The summed E-state index contributed by atoms with van der Waals surface area (Å²) in [5, 5.41) is 20.6. The number of amides is 1. The monoisotopic (exact) mass is 394 g/mol. The van der Waals surface area contributed by atoms with E-state index >= 15 is 0 Å². The second kappa shape index (κ2) is 8.26. The van der Waals surface area contributed by atoms with Crippen molar-refractivity contribution in [2.45, 2.75) is 30.3 Å². The van der Waals surface area contributed by atoms with Gasteiger partial charge in [-0.25, -0.2) is 0 Å². The van der Waals surface area contributed by atoms with Crippen LogP contribution >= 0.6 is 11.8 Å². The number of carbonyl (C=O) groups is 2. The minimum atomic E-state index is -0.833. The molecule has 1 aromatic carbocycles. The Labute approximate surface area is 161 Å². The predicted molar refractivity (Wildman–Crippen MR) is 99.0 cm³/mol. The first-order valence-corrected chi connectivity index (χ1v) is 10.1. The van der Waals surface area contributed by atoms with Gasteiger partial charge in [0.1, 0.15) is 5.56 Å². The second-order valence-corrected chi connectivity index (χ2v) is 7.72. The van der Waals surface area contributed by atoms with Crippen molar-refractivity contribution >= 4 is 29.3 Å². The lowest BCUT2D eigenvalue weighted by Crippen LogP contribution is -2.43. The van der Waals surface area contributed by atoms with E-state index in [1.165, 1.54) is 17.8 Å². The molecule has 0 aliphatic carbocycles. The molecule has 9 heteroatoms. The van der Waals surface area contributed by atoms with Gasteiger partial charge in [0, 0.05) is 30.7 Å². The number of benzene rings is 1. The summed E-state index contributed by atoms with van der Waals surface area (Å²) in [4.78, 5) is 37.4. The summed E-state index contributed by atoms with van der Waals surface area (Å²) in [6.45, 7) is 1.33. The normalized spacial score (nSPS) is 23.4. The minimum Gasteiger partial charge on any atom is -0.481 e. The zero-order valence-electron chi connectivity index (χ0n) is 15.0. The Kier molecular flexibility index (Phi) is 6.01. The van der Waals surface area contributed by atoms with Gasteiger partial charge in [0.05, 0.1) is 16.9 Å². The molecule has 0 saturated carbocycles. The van der Waals surface area contributed by atoms with E-state index < -0.39 is 16.8 Å². The number of hydrogen-bond donors (Lipinski definition) is 1. The van der Waals surface area contributed by atoms with Crippen molar-refractivity contribution in [1.29, 1.82) is 0 Å². The Morgan fingerprint density at radius 1 is 1.30 bits per heavy atom. The van der Waals surface area contributed by atoms with Crippen molar-refractivity contribution in [2.24, 2.45) is 11.8 Å². The Morgan fingerprint density at radius 3 is 2.59 bits per heavy atom. The van der Waals surface area contributed by atoms with Gasteiger partial charge < -0.3 is 14.7 Å². The summed E-state index contributed by atoms with van der Waals surface area (Å²) >= 11 is 1.42. The Balaban J connectivity index is 1.70. The smallest absolute Gasteiger partial charge is 0.309 e. The number of nitro groups is 1. The first kappa shape index (κ1) is 19.6. The third-order valence-corrected chi connectivity index (χ3v) is 6.10. The summed E-state index contributed by atoms with van der Waals surface area (Å²) in [5.74, 6) is -1.58. The molecule has 2 fully saturated rings. The van der Waals surface area contributed by atoms with Crippen LogP contribution in [0.15, 0.2) is 23.1 Å². The molecule has 2 aliphatic heterocycles. The number of nitro benzene ring substituents is 1.